The van der Waals surface area contributed by atoms with Gasteiger partial charge in [0.05, 0.1) is 0 Å². The first-order chi connectivity index (χ1) is 12.8. The highest BCUT2D eigenvalue weighted by molar-refractivity contribution is 14.0. The topological polar surface area (TPSA) is 42.9 Å². The smallest absolute Gasteiger partial charge is 0.191 e. The maximum atomic E-state index is 4.43. The molecule has 2 aliphatic heterocycles. The second-order valence-electron chi connectivity index (χ2n) is 8.53. The summed E-state index contributed by atoms with van der Waals surface area (Å²) in [5.74, 6) is 0.999. The molecule has 6 heteroatoms. The third-order valence-electron chi connectivity index (χ3n) is 6.52. The molecule has 0 radical (unpaired) electrons. The number of piperidine rings is 1. The second kappa shape index (κ2) is 13.2. The van der Waals surface area contributed by atoms with E-state index in [1.54, 1.807) is 0 Å². The molecule has 3 rings (SSSR count). The molecule has 158 valence electrons. The van der Waals surface area contributed by atoms with E-state index < -0.39 is 0 Å². The van der Waals surface area contributed by atoms with Crippen molar-refractivity contribution in [3.05, 3.63) is 0 Å². The predicted octanol–water partition coefficient (Wildman–Crippen LogP) is 3.44. The molecular weight excluding hydrogens is 449 g/mol. The fourth-order valence-corrected chi connectivity index (χ4v) is 4.92. The summed E-state index contributed by atoms with van der Waals surface area (Å²) >= 11 is 0. The van der Waals surface area contributed by atoms with Crippen molar-refractivity contribution in [2.75, 3.05) is 46.3 Å². The van der Waals surface area contributed by atoms with E-state index in [1.807, 2.05) is 7.05 Å². The average molecular weight is 492 g/mol. The van der Waals surface area contributed by atoms with E-state index in [0.29, 0.717) is 6.04 Å². The number of guanidine groups is 1. The molecule has 0 aromatic carbocycles. The Morgan fingerprint density at radius 2 is 1.70 bits per heavy atom. The fourth-order valence-electron chi connectivity index (χ4n) is 4.92. The van der Waals surface area contributed by atoms with Gasteiger partial charge in [0.2, 0.25) is 0 Å². The van der Waals surface area contributed by atoms with Crippen LogP contribution in [0.25, 0.3) is 0 Å². The Labute approximate surface area is 184 Å². The standard InChI is InChI=1S/C21H41N5.HI/c1-22-21(23-13-6-2-7-14-25-15-8-3-9-16-25)24-19-12-17-26(18-19)20-10-4-5-11-20;/h19-20H,2-18H2,1H3,(H2,22,23,24);1H. The van der Waals surface area contributed by atoms with Crippen molar-refractivity contribution >= 4 is 29.9 Å². The Morgan fingerprint density at radius 1 is 0.926 bits per heavy atom. The molecule has 3 aliphatic rings. The van der Waals surface area contributed by atoms with E-state index in [0.717, 1.165) is 18.5 Å². The van der Waals surface area contributed by atoms with Crippen molar-refractivity contribution in [2.24, 2.45) is 4.99 Å². The monoisotopic (exact) mass is 491 g/mol. The van der Waals surface area contributed by atoms with E-state index >= 15 is 0 Å². The van der Waals surface area contributed by atoms with Crippen LogP contribution < -0.4 is 10.6 Å². The molecule has 5 nitrogen and oxygen atoms in total. The normalized spacial score (nSPS) is 25.5. The quantitative estimate of drug-likeness (QED) is 0.236. The molecule has 0 aromatic rings. The van der Waals surface area contributed by atoms with E-state index in [9.17, 15) is 0 Å². The lowest BCUT2D eigenvalue weighted by Crippen LogP contribution is -2.45. The lowest BCUT2D eigenvalue weighted by Gasteiger charge is -2.26. The van der Waals surface area contributed by atoms with Gasteiger partial charge in [0.25, 0.3) is 0 Å². The van der Waals surface area contributed by atoms with Gasteiger partial charge in [0, 0.05) is 38.8 Å². The van der Waals surface area contributed by atoms with E-state index in [2.05, 4.69) is 25.4 Å². The number of hydrogen-bond acceptors (Lipinski definition) is 3. The highest BCUT2D eigenvalue weighted by Crippen LogP contribution is 2.26. The van der Waals surface area contributed by atoms with Crippen molar-refractivity contribution in [1.29, 1.82) is 0 Å². The van der Waals surface area contributed by atoms with Crippen LogP contribution in [-0.4, -0.2) is 74.2 Å². The fraction of sp³-hybridized carbons (Fsp3) is 0.952. The van der Waals surface area contributed by atoms with Crippen LogP contribution in [-0.2, 0) is 0 Å². The molecule has 0 bridgehead atoms. The minimum absolute atomic E-state index is 0. The number of halogens is 1. The van der Waals surface area contributed by atoms with Crippen LogP contribution in [0.15, 0.2) is 4.99 Å². The van der Waals surface area contributed by atoms with Crippen LogP contribution in [0.3, 0.4) is 0 Å². The summed E-state index contributed by atoms with van der Waals surface area (Å²) in [6.07, 6.45) is 15.1. The Morgan fingerprint density at radius 3 is 2.44 bits per heavy atom. The van der Waals surface area contributed by atoms with E-state index in [-0.39, 0.29) is 24.0 Å². The molecule has 1 saturated carbocycles. The Balaban J connectivity index is 0.00000261. The molecule has 27 heavy (non-hydrogen) atoms. The van der Waals surface area contributed by atoms with Crippen LogP contribution in [0.2, 0.25) is 0 Å². The summed E-state index contributed by atoms with van der Waals surface area (Å²) in [4.78, 5) is 9.79. The zero-order chi connectivity index (χ0) is 18.0. The molecule has 0 aromatic heterocycles. The summed E-state index contributed by atoms with van der Waals surface area (Å²) in [7, 11) is 1.90. The number of unbranched alkanes of at least 4 members (excludes halogenated alkanes) is 2. The molecule has 2 N–H and O–H groups in total. The minimum Gasteiger partial charge on any atom is -0.356 e. The number of rotatable bonds is 8. The van der Waals surface area contributed by atoms with Gasteiger partial charge in [-0.1, -0.05) is 25.7 Å². The third kappa shape index (κ3) is 8.05. The maximum absolute atomic E-state index is 4.43. The van der Waals surface area contributed by atoms with Gasteiger partial charge in [0.1, 0.15) is 0 Å². The highest BCUT2D eigenvalue weighted by Gasteiger charge is 2.30. The lowest BCUT2D eigenvalue weighted by molar-refractivity contribution is 0.224. The van der Waals surface area contributed by atoms with Crippen LogP contribution in [0, 0.1) is 0 Å². The van der Waals surface area contributed by atoms with Crippen LogP contribution in [0.5, 0.6) is 0 Å². The molecule has 2 heterocycles. The Bertz CT molecular complexity index is 419. The van der Waals surface area contributed by atoms with Crippen LogP contribution in [0.4, 0.5) is 0 Å². The van der Waals surface area contributed by atoms with Gasteiger partial charge < -0.3 is 15.5 Å². The van der Waals surface area contributed by atoms with E-state index in [4.69, 9.17) is 0 Å². The van der Waals surface area contributed by atoms with Crippen LogP contribution in [0.1, 0.15) is 70.6 Å². The zero-order valence-corrected chi connectivity index (χ0v) is 19.8. The summed E-state index contributed by atoms with van der Waals surface area (Å²) in [5.41, 5.74) is 0. The van der Waals surface area contributed by atoms with Gasteiger partial charge in [-0.2, -0.15) is 0 Å². The van der Waals surface area contributed by atoms with Gasteiger partial charge in [-0.3, -0.25) is 9.89 Å². The summed E-state index contributed by atoms with van der Waals surface area (Å²) in [6.45, 7) is 7.45. The number of likely N-dealkylation sites (tertiary alicyclic amines) is 2. The third-order valence-corrected chi connectivity index (χ3v) is 6.52. The Kier molecular flexibility index (Phi) is 11.3. The van der Waals surface area contributed by atoms with Gasteiger partial charge in [0.15, 0.2) is 5.96 Å². The van der Waals surface area contributed by atoms with Gasteiger partial charge in [-0.15, -0.1) is 24.0 Å². The van der Waals surface area contributed by atoms with Crippen molar-refractivity contribution < 1.29 is 0 Å². The number of aliphatic imine (C=N–C) groups is 1. The first kappa shape index (κ1) is 23.2. The molecule has 3 fully saturated rings. The molecule has 2 saturated heterocycles. The molecule has 0 amide bonds. The molecule has 0 spiro atoms. The minimum atomic E-state index is 0. The first-order valence-electron chi connectivity index (χ1n) is 11.3. The zero-order valence-electron chi connectivity index (χ0n) is 17.4. The maximum Gasteiger partial charge on any atom is 0.191 e. The number of hydrogen-bond donors (Lipinski definition) is 2. The first-order valence-corrected chi connectivity index (χ1v) is 11.3. The van der Waals surface area contributed by atoms with Crippen molar-refractivity contribution in [3.63, 3.8) is 0 Å². The molecule has 1 aliphatic carbocycles. The molecule has 1 unspecified atom stereocenters. The second-order valence-corrected chi connectivity index (χ2v) is 8.53. The Hall–Kier alpha value is -0.0800. The largest absolute Gasteiger partial charge is 0.356 e. The van der Waals surface area contributed by atoms with Crippen LogP contribution >= 0.6 is 24.0 Å². The number of nitrogens with zero attached hydrogens (tertiary/aromatic N) is 3. The summed E-state index contributed by atoms with van der Waals surface area (Å²) in [6, 6.07) is 1.43. The highest BCUT2D eigenvalue weighted by atomic mass is 127. The predicted molar refractivity (Wildman–Crippen MR) is 126 cm³/mol. The van der Waals surface area contributed by atoms with Crippen molar-refractivity contribution in [3.8, 4) is 0 Å². The summed E-state index contributed by atoms with van der Waals surface area (Å²) in [5, 5.41) is 7.18. The van der Waals surface area contributed by atoms with Gasteiger partial charge in [-0.05, 0) is 64.6 Å². The molecular formula is C21H42IN5. The summed E-state index contributed by atoms with van der Waals surface area (Å²) < 4.78 is 0. The molecule has 1 atom stereocenters. The van der Waals surface area contributed by atoms with Crippen molar-refractivity contribution in [1.82, 2.24) is 20.4 Å². The van der Waals surface area contributed by atoms with Crippen molar-refractivity contribution in [2.45, 2.75) is 82.7 Å². The number of nitrogens with one attached hydrogen (secondary N) is 2. The lowest BCUT2D eigenvalue weighted by atomic mass is 10.1. The van der Waals surface area contributed by atoms with E-state index in [1.165, 1.54) is 103 Å². The SMILES string of the molecule is CN=C(NCCCCCN1CCCCC1)NC1CCN(C2CCCC2)C1.I. The van der Waals surface area contributed by atoms with Gasteiger partial charge >= 0.3 is 0 Å². The van der Waals surface area contributed by atoms with Gasteiger partial charge in [-0.25, -0.2) is 0 Å². The average Bonchev–Trinajstić information content (AvgIpc) is 3.36.